The molecule has 1 aromatic rings. The molecular weight excluding hydrogens is 182 g/mol. The zero-order chi connectivity index (χ0) is 9.68. The van der Waals surface area contributed by atoms with Crippen LogP contribution in [-0.2, 0) is 4.79 Å². The van der Waals surface area contributed by atoms with Gasteiger partial charge in [-0.2, -0.15) is 0 Å². The summed E-state index contributed by atoms with van der Waals surface area (Å²) in [5.41, 5.74) is 0. The monoisotopic (exact) mass is 197 g/mol. The summed E-state index contributed by atoms with van der Waals surface area (Å²) >= 11 is 1.79. The van der Waals surface area contributed by atoms with E-state index in [0.717, 1.165) is 19.3 Å². The number of carbonyl (C=O) groups is 1. The third-order valence-corrected chi connectivity index (χ3v) is 3.03. The lowest BCUT2D eigenvalue weighted by Crippen LogP contribution is -2.17. The fourth-order valence-corrected chi connectivity index (χ4v) is 2.00. The van der Waals surface area contributed by atoms with Gasteiger partial charge in [-0.1, -0.05) is 0 Å². The molecule has 0 spiro atoms. The molecule has 0 aromatic carbocycles. The van der Waals surface area contributed by atoms with Crippen molar-refractivity contribution >= 4 is 22.6 Å². The van der Waals surface area contributed by atoms with Gasteiger partial charge in [-0.25, -0.2) is 0 Å². The highest BCUT2D eigenvalue weighted by atomic mass is 32.1. The van der Waals surface area contributed by atoms with Crippen molar-refractivity contribution in [3.8, 4) is 0 Å². The quantitative estimate of drug-likeness (QED) is 0.534. The number of anilines is 1. The van der Waals surface area contributed by atoms with Gasteiger partial charge in [-0.05, 0) is 25.5 Å². The molecule has 0 bridgehead atoms. The van der Waals surface area contributed by atoms with E-state index in [1.165, 1.54) is 9.88 Å². The number of rotatable bonds is 5. The third-order valence-electron chi connectivity index (χ3n) is 1.92. The van der Waals surface area contributed by atoms with Crippen LogP contribution in [0.3, 0.4) is 0 Å². The minimum absolute atomic E-state index is 0.661. The maximum atomic E-state index is 10.1. The van der Waals surface area contributed by atoms with E-state index in [1.807, 2.05) is 0 Å². The van der Waals surface area contributed by atoms with Gasteiger partial charge in [0.15, 0.2) is 0 Å². The summed E-state index contributed by atoms with van der Waals surface area (Å²) in [6, 6.07) is 4.25. The van der Waals surface area contributed by atoms with Crippen molar-refractivity contribution in [1.29, 1.82) is 0 Å². The Kier molecular flexibility index (Phi) is 3.96. The summed E-state index contributed by atoms with van der Waals surface area (Å²) in [6.45, 7) is 3.06. The molecule has 1 rings (SSSR count). The van der Waals surface area contributed by atoms with Crippen LogP contribution in [0.15, 0.2) is 12.1 Å². The van der Waals surface area contributed by atoms with E-state index in [-0.39, 0.29) is 0 Å². The largest absolute Gasteiger partial charge is 0.366 e. The number of hydrogen-bond donors (Lipinski definition) is 0. The fraction of sp³-hybridized carbons (Fsp3) is 0.500. The molecule has 2 nitrogen and oxygen atoms in total. The van der Waals surface area contributed by atoms with Gasteiger partial charge in [-0.3, -0.25) is 0 Å². The van der Waals surface area contributed by atoms with Crippen LogP contribution in [-0.4, -0.2) is 19.9 Å². The smallest absolute Gasteiger partial charge is 0.120 e. The predicted molar refractivity (Wildman–Crippen MR) is 57.6 cm³/mol. The van der Waals surface area contributed by atoms with Gasteiger partial charge < -0.3 is 9.69 Å². The van der Waals surface area contributed by atoms with E-state index in [1.54, 1.807) is 11.3 Å². The van der Waals surface area contributed by atoms with Crippen LogP contribution in [0.5, 0.6) is 0 Å². The van der Waals surface area contributed by atoms with Crippen molar-refractivity contribution < 1.29 is 4.79 Å². The summed E-state index contributed by atoms with van der Waals surface area (Å²) < 4.78 is 0. The van der Waals surface area contributed by atoms with E-state index in [4.69, 9.17) is 0 Å². The molecule has 3 heteroatoms. The van der Waals surface area contributed by atoms with Crippen molar-refractivity contribution in [2.75, 3.05) is 18.5 Å². The molecule has 13 heavy (non-hydrogen) atoms. The van der Waals surface area contributed by atoms with Crippen molar-refractivity contribution in [3.63, 3.8) is 0 Å². The fourth-order valence-electron chi connectivity index (χ4n) is 1.15. The Morgan fingerprint density at radius 1 is 1.54 bits per heavy atom. The van der Waals surface area contributed by atoms with E-state index >= 15 is 0 Å². The van der Waals surface area contributed by atoms with Crippen molar-refractivity contribution in [2.24, 2.45) is 0 Å². The second-order valence-electron chi connectivity index (χ2n) is 3.11. The van der Waals surface area contributed by atoms with Gasteiger partial charge >= 0.3 is 0 Å². The Labute approximate surface area is 83.2 Å². The van der Waals surface area contributed by atoms with Crippen LogP contribution >= 0.6 is 11.3 Å². The van der Waals surface area contributed by atoms with Crippen molar-refractivity contribution in [3.05, 3.63) is 17.0 Å². The zero-order valence-corrected chi connectivity index (χ0v) is 8.93. The summed E-state index contributed by atoms with van der Waals surface area (Å²) in [7, 11) is 2.07. The average Bonchev–Trinajstić information content (AvgIpc) is 2.52. The summed E-state index contributed by atoms with van der Waals surface area (Å²) in [6.07, 6.45) is 2.58. The Hall–Kier alpha value is -0.830. The molecule has 0 N–H and O–H groups in total. The van der Waals surface area contributed by atoms with Crippen LogP contribution in [0.25, 0.3) is 0 Å². The molecule has 72 valence electrons. The Balaban J connectivity index is 2.39. The van der Waals surface area contributed by atoms with Crippen molar-refractivity contribution in [2.45, 2.75) is 19.8 Å². The Morgan fingerprint density at radius 2 is 2.31 bits per heavy atom. The molecule has 0 aliphatic carbocycles. The van der Waals surface area contributed by atoms with Crippen LogP contribution in [0.2, 0.25) is 0 Å². The number of hydrogen-bond acceptors (Lipinski definition) is 3. The van der Waals surface area contributed by atoms with Crippen molar-refractivity contribution in [1.82, 2.24) is 0 Å². The van der Waals surface area contributed by atoms with Gasteiger partial charge in [0.05, 0.1) is 5.00 Å². The van der Waals surface area contributed by atoms with Gasteiger partial charge in [-0.15, -0.1) is 11.3 Å². The molecule has 0 aliphatic rings. The Morgan fingerprint density at radius 3 is 2.85 bits per heavy atom. The van der Waals surface area contributed by atoms with E-state index in [0.29, 0.717) is 6.42 Å². The molecule has 0 amide bonds. The first-order valence-electron chi connectivity index (χ1n) is 4.45. The Bertz CT molecular complexity index is 270. The molecular formula is C10H15NOS. The number of nitrogens with zero attached hydrogens (tertiary/aromatic N) is 1. The lowest BCUT2D eigenvalue weighted by Gasteiger charge is -2.15. The molecule has 1 aromatic heterocycles. The van der Waals surface area contributed by atoms with Gasteiger partial charge in [0.1, 0.15) is 6.29 Å². The number of thiophene rings is 1. The summed E-state index contributed by atoms with van der Waals surface area (Å²) in [5.74, 6) is 0. The van der Waals surface area contributed by atoms with E-state index in [9.17, 15) is 4.79 Å². The first-order valence-corrected chi connectivity index (χ1v) is 5.27. The minimum Gasteiger partial charge on any atom is -0.366 e. The highest BCUT2D eigenvalue weighted by molar-refractivity contribution is 7.16. The second-order valence-corrected chi connectivity index (χ2v) is 4.38. The molecule has 0 fully saturated rings. The van der Waals surface area contributed by atoms with Crippen LogP contribution in [0.4, 0.5) is 5.00 Å². The normalized spacial score (nSPS) is 10.0. The maximum absolute atomic E-state index is 10.1. The molecule has 0 radical (unpaired) electrons. The topological polar surface area (TPSA) is 20.3 Å². The number of aryl methyl sites for hydroxylation is 1. The predicted octanol–water partition coefficient (Wildman–Crippen LogP) is 2.47. The number of aldehydes is 1. The van der Waals surface area contributed by atoms with Gasteiger partial charge in [0.2, 0.25) is 0 Å². The second kappa shape index (κ2) is 5.02. The first kappa shape index (κ1) is 10.3. The summed E-state index contributed by atoms with van der Waals surface area (Å²) in [5, 5.41) is 1.28. The molecule has 0 saturated heterocycles. The number of carbonyl (C=O) groups excluding carboxylic acids is 1. The van der Waals surface area contributed by atoms with E-state index < -0.39 is 0 Å². The lowest BCUT2D eigenvalue weighted by atomic mass is 10.3. The van der Waals surface area contributed by atoms with Gasteiger partial charge in [0.25, 0.3) is 0 Å². The first-order chi connectivity index (χ1) is 6.24. The third kappa shape index (κ3) is 3.19. The standard InChI is InChI=1S/C10H15NOS/c1-9-5-6-10(13-9)11(2)7-3-4-8-12/h5-6,8H,3-4,7H2,1-2H3. The highest BCUT2D eigenvalue weighted by Crippen LogP contribution is 2.24. The van der Waals surface area contributed by atoms with Gasteiger partial charge in [0, 0.05) is 24.9 Å². The lowest BCUT2D eigenvalue weighted by molar-refractivity contribution is -0.107. The maximum Gasteiger partial charge on any atom is 0.120 e. The average molecular weight is 197 g/mol. The summed E-state index contributed by atoms with van der Waals surface area (Å²) in [4.78, 5) is 13.6. The molecule has 0 aliphatic heterocycles. The molecule has 0 saturated carbocycles. The van der Waals surface area contributed by atoms with Crippen LogP contribution in [0.1, 0.15) is 17.7 Å². The van der Waals surface area contributed by atoms with Crippen LogP contribution < -0.4 is 4.90 Å². The highest BCUT2D eigenvalue weighted by Gasteiger charge is 2.01. The minimum atomic E-state index is 0.661. The molecule has 0 unspecified atom stereocenters. The molecule has 0 atom stereocenters. The molecule has 1 heterocycles. The van der Waals surface area contributed by atoms with E-state index in [2.05, 4.69) is 31.0 Å². The number of unbranched alkanes of at least 4 members (excludes halogenated alkanes) is 1. The zero-order valence-electron chi connectivity index (χ0n) is 8.12. The SMILES string of the molecule is Cc1ccc(N(C)CCCC=O)s1. The van der Waals surface area contributed by atoms with Crippen LogP contribution in [0, 0.1) is 6.92 Å².